The average Bonchev–Trinajstić information content (AvgIpc) is 2.60. The molecule has 0 bridgehead atoms. The fourth-order valence-corrected chi connectivity index (χ4v) is 2.65. The summed E-state index contributed by atoms with van der Waals surface area (Å²) in [6.07, 6.45) is 0.848. The van der Waals surface area contributed by atoms with Crippen LogP contribution in [-0.2, 0) is 4.79 Å². The maximum Gasteiger partial charge on any atom is 0.270 e. The number of nitriles is 1. The van der Waals surface area contributed by atoms with Gasteiger partial charge in [-0.2, -0.15) is 5.26 Å². The molecule has 0 radical (unpaired) electrons. The number of aromatic nitrogens is 2. The largest absolute Gasteiger partial charge is 0.353 e. The van der Waals surface area contributed by atoms with Gasteiger partial charge in [0, 0.05) is 11.6 Å². The Balaban J connectivity index is 2.24. The van der Waals surface area contributed by atoms with Crippen molar-refractivity contribution in [1.82, 2.24) is 15.3 Å². The summed E-state index contributed by atoms with van der Waals surface area (Å²) < 4.78 is 0. The minimum absolute atomic E-state index is 0.0328. The first-order chi connectivity index (χ1) is 11.5. The molecule has 1 aromatic heterocycles. The van der Waals surface area contributed by atoms with E-state index in [9.17, 15) is 14.9 Å². The Bertz CT molecular complexity index is 812. The highest BCUT2D eigenvalue weighted by molar-refractivity contribution is 7.99. The predicted octanol–water partition coefficient (Wildman–Crippen LogP) is 2.32. The molecule has 0 spiro atoms. The summed E-state index contributed by atoms with van der Waals surface area (Å²) in [4.78, 5) is 30.9. The Kier molecular flexibility index (Phi) is 6.15. The van der Waals surface area contributed by atoms with Crippen LogP contribution in [0.3, 0.4) is 0 Å². The van der Waals surface area contributed by atoms with E-state index in [1.807, 2.05) is 38.1 Å². The van der Waals surface area contributed by atoms with Crippen LogP contribution >= 0.6 is 11.8 Å². The molecule has 1 atom stereocenters. The third-order valence-corrected chi connectivity index (χ3v) is 4.29. The number of carbonyl (C=O) groups excluding carboxylic acids is 1. The molecule has 1 heterocycles. The summed E-state index contributed by atoms with van der Waals surface area (Å²) in [5.41, 5.74) is 0.475. The van der Waals surface area contributed by atoms with Crippen molar-refractivity contribution in [1.29, 1.82) is 5.26 Å². The number of thioether (sulfide) groups is 1. The number of aromatic amines is 1. The third kappa shape index (κ3) is 4.46. The zero-order chi connectivity index (χ0) is 17.5. The Morgan fingerprint density at radius 3 is 2.75 bits per heavy atom. The molecule has 2 aromatic rings. The lowest BCUT2D eigenvalue weighted by Crippen LogP contribution is -2.33. The van der Waals surface area contributed by atoms with Crippen molar-refractivity contribution in [3.63, 3.8) is 0 Å². The van der Waals surface area contributed by atoms with E-state index in [0.29, 0.717) is 16.4 Å². The maximum atomic E-state index is 12.1. The Morgan fingerprint density at radius 1 is 1.42 bits per heavy atom. The van der Waals surface area contributed by atoms with E-state index >= 15 is 0 Å². The van der Waals surface area contributed by atoms with Crippen LogP contribution in [0.25, 0.3) is 11.3 Å². The van der Waals surface area contributed by atoms with Crippen molar-refractivity contribution in [2.45, 2.75) is 31.5 Å². The molecular weight excluding hydrogens is 324 g/mol. The minimum Gasteiger partial charge on any atom is -0.353 e. The summed E-state index contributed by atoms with van der Waals surface area (Å²) >= 11 is 1.14. The zero-order valence-corrected chi connectivity index (χ0v) is 14.3. The maximum absolute atomic E-state index is 12.1. The highest BCUT2D eigenvalue weighted by Gasteiger charge is 2.14. The van der Waals surface area contributed by atoms with Crippen molar-refractivity contribution in [2.24, 2.45) is 0 Å². The lowest BCUT2D eigenvalue weighted by molar-refractivity contribution is -0.119. The molecule has 0 fully saturated rings. The number of H-pyrrole nitrogens is 1. The van der Waals surface area contributed by atoms with Gasteiger partial charge in [-0.25, -0.2) is 4.98 Å². The second-order valence-corrected chi connectivity index (χ2v) is 6.20. The van der Waals surface area contributed by atoms with Crippen LogP contribution in [0.15, 0.2) is 40.3 Å². The van der Waals surface area contributed by atoms with Gasteiger partial charge in [0.1, 0.15) is 11.6 Å². The second kappa shape index (κ2) is 8.31. The highest BCUT2D eigenvalue weighted by Crippen LogP contribution is 2.21. The fourth-order valence-electron chi connectivity index (χ4n) is 1.98. The monoisotopic (exact) mass is 342 g/mol. The van der Waals surface area contributed by atoms with Crippen LogP contribution < -0.4 is 10.9 Å². The number of nitrogens with zero attached hydrogens (tertiary/aromatic N) is 2. The third-order valence-electron chi connectivity index (χ3n) is 3.42. The number of carbonyl (C=O) groups is 1. The van der Waals surface area contributed by atoms with Crippen LogP contribution in [0.2, 0.25) is 0 Å². The number of rotatable bonds is 6. The summed E-state index contributed by atoms with van der Waals surface area (Å²) in [6, 6.07) is 11.0. The van der Waals surface area contributed by atoms with Crippen molar-refractivity contribution >= 4 is 17.7 Å². The number of nitrogens with one attached hydrogen (secondary N) is 2. The first-order valence-corrected chi connectivity index (χ1v) is 8.55. The van der Waals surface area contributed by atoms with E-state index in [1.54, 1.807) is 12.1 Å². The second-order valence-electron chi connectivity index (χ2n) is 5.24. The smallest absolute Gasteiger partial charge is 0.270 e. The normalized spacial score (nSPS) is 11.5. The van der Waals surface area contributed by atoms with Crippen molar-refractivity contribution < 1.29 is 4.79 Å². The number of amides is 1. The van der Waals surface area contributed by atoms with Crippen molar-refractivity contribution in [3.8, 4) is 17.3 Å². The lowest BCUT2D eigenvalue weighted by Gasteiger charge is -2.11. The van der Waals surface area contributed by atoms with E-state index in [1.165, 1.54) is 0 Å². The molecule has 7 heteroatoms. The summed E-state index contributed by atoms with van der Waals surface area (Å²) in [5.74, 6) is 0.0237. The van der Waals surface area contributed by atoms with Gasteiger partial charge in [0.2, 0.25) is 5.91 Å². The summed E-state index contributed by atoms with van der Waals surface area (Å²) in [5, 5.41) is 12.4. The molecule has 0 saturated heterocycles. The molecular formula is C17H18N4O2S. The van der Waals surface area contributed by atoms with Gasteiger partial charge in [0.15, 0.2) is 5.16 Å². The van der Waals surface area contributed by atoms with Gasteiger partial charge in [0.25, 0.3) is 5.56 Å². The molecule has 6 nitrogen and oxygen atoms in total. The number of benzene rings is 1. The van der Waals surface area contributed by atoms with E-state index in [2.05, 4.69) is 15.3 Å². The molecule has 0 aliphatic rings. The van der Waals surface area contributed by atoms with E-state index in [4.69, 9.17) is 0 Å². The average molecular weight is 342 g/mol. The molecule has 0 unspecified atom stereocenters. The summed E-state index contributed by atoms with van der Waals surface area (Å²) in [6.45, 7) is 3.92. The standard InChI is InChI=1S/C17H18N4O2S/c1-3-11(2)19-14(22)10-24-17-20-15(12-7-5-4-6-8-12)13(9-18)16(23)21-17/h4-8,11H,3,10H2,1-2H3,(H,19,22)(H,20,21,23)/t11-/m0/s1. The Hall–Kier alpha value is -2.59. The molecule has 2 N–H and O–H groups in total. The van der Waals surface area contributed by atoms with Crippen molar-refractivity contribution in [2.75, 3.05) is 5.75 Å². The topological polar surface area (TPSA) is 98.6 Å². The lowest BCUT2D eigenvalue weighted by atomic mass is 10.1. The van der Waals surface area contributed by atoms with Gasteiger partial charge < -0.3 is 10.3 Å². The van der Waals surface area contributed by atoms with Gasteiger partial charge in [-0.1, -0.05) is 49.0 Å². The van der Waals surface area contributed by atoms with Crippen LogP contribution in [0.1, 0.15) is 25.8 Å². The number of hydrogen-bond acceptors (Lipinski definition) is 5. The van der Waals surface area contributed by atoms with E-state index in [0.717, 1.165) is 18.2 Å². The van der Waals surface area contributed by atoms with Crippen LogP contribution in [0.4, 0.5) is 0 Å². The number of hydrogen-bond donors (Lipinski definition) is 2. The van der Waals surface area contributed by atoms with Gasteiger partial charge in [-0.15, -0.1) is 0 Å². The molecule has 24 heavy (non-hydrogen) atoms. The fraction of sp³-hybridized carbons (Fsp3) is 0.294. The van der Waals surface area contributed by atoms with Crippen molar-refractivity contribution in [3.05, 3.63) is 46.2 Å². The van der Waals surface area contributed by atoms with E-state index in [-0.39, 0.29) is 23.3 Å². The van der Waals surface area contributed by atoms with Gasteiger partial charge in [0.05, 0.1) is 11.4 Å². The Labute approximate surface area is 144 Å². The summed E-state index contributed by atoms with van der Waals surface area (Å²) in [7, 11) is 0. The molecule has 0 saturated carbocycles. The molecule has 0 aliphatic heterocycles. The molecule has 1 aromatic carbocycles. The van der Waals surface area contributed by atoms with Gasteiger partial charge >= 0.3 is 0 Å². The van der Waals surface area contributed by atoms with Crippen LogP contribution in [0.5, 0.6) is 0 Å². The SMILES string of the molecule is CC[C@H](C)NC(=O)CSc1nc(-c2ccccc2)c(C#N)c(=O)[nH]1. The first kappa shape index (κ1) is 17.8. The van der Waals surface area contributed by atoms with Crippen LogP contribution in [-0.4, -0.2) is 27.7 Å². The van der Waals surface area contributed by atoms with Gasteiger partial charge in [-0.3, -0.25) is 9.59 Å². The molecule has 2 rings (SSSR count). The van der Waals surface area contributed by atoms with E-state index < -0.39 is 5.56 Å². The van der Waals surface area contributed by atoms with Crippen LogP contribution in [0, 0.1) is 11.3 Å². The minimum atomic E-state index is -0.504. The zero-order valence-electron chi connectivity index (χ0n) is 13.5. The first-order valence-electron chi connectivity index (χ1n) is 7.57. The molecule has 124 valence electrons. The Morgan fingerprint density at radius 2 is 2.12 bits per heavy atom. The highest BCUT2D eigenvalue weighted by atomic mass is 32.2. The predicted molar refractivity (Wildman–Crippen MR) is 93.6 cm³/mol. The molecule has 1 amide bonds. The quantitative estimate of drug-likeness (QED) is 0.620. The molecule has 0 aliphatic carbocycles. The van der Waals surface area contributed by atoms with Gasteiger partial charge in [-0.05, 0) is 13.3 Å².